The predicted octanol–water partition coefficient (Wildman–Crippen LogP) is 3.41. The number of ether oxygens (including phenoxy) is 1. The average molecular weight is 402 g/mol. The number of hydrogen-bond acceptors (Lipinski definition) is 4. The minimum Gasteiger partial charge on any atom is -0.495 e. The second-order valence-corrected chi connectivity index (χ2v) is 8.49. The molecule has 3 aromatic rings. The van der Waals surface area contributed by atoms with Crippen molar-refractivity contribution in [2.45, 2.75) is 26.4 Å². The van der Waals surface area contributed by atoms with E-state index in [9.17, 15) is 0 Å². The summed E-state index contributed by atoms with van der Waals surface area (Å²) in [6.45, 7) is 5.51. The molecule has 27 heavy (non-hydrogen) atoms. The lowest BCUT2D eigenvalue weighted by Crippen LogP contribution is -3.12. The van der Waals surface area contributed by atoms with Crippen molar-refractivity contribution in [1.29, 1.82) is 0 Å². The highest BCUT2D eigenvalue weighted by molar-refractivity contribution is 7.71. The van der Waals surface area contributed by atoms with Crippen LogP contribution in [-0.4, -0.2) is 34.5 Å². The maximum atomic E-state index is 5.87. The molecule has 1 aliphatic heterocycles. The quantitative estimate of drug-likeness (QED) is 0.666. The summed E-state index contributed by atoms with van der Waals surface area (Å²) in [6.07, 6.45) is 2.54. The van der Waals surface area contributed by atoms with Gasteiger partial charge < -0.3 is 9.64 Å². The van der Waals surface area contributed by atoms with E-state index in [0.717, 1.165) is 34.7 Å². The zero-order valence-electron chi connectivity index (χ0n) is 15.7. The Balaban J connectivity index is 1.78. The summed E-state index contributed by atoms with van der Waals surface area (Å²) in [5.41, 5.74) is 0.932. The van der Waals surface area contributed by atoms with Crippen LogP contribution in [-0.2, 0) is 6.67 Å². The van der Waals surface area contributed by atoms with Gasteiger partial charge in [0.2, 0.25) is 4.77 Å². The van der Waals surface area contributed by atoms with Gasteiger partial charge in [0.1, 0.15) is 5.75 Å². The molecule has 0 unspecified atom stereocenters. The summed E-state index contributed by atoms with van der Waals surface area (Å²) in [5.74, 6) is 2.50. The molecule has 4 rings (SSSR count). The van der Waals surface area contributed by atoms with Crippen molar-refractivity contribution in [2.24, 2.45) is 5.92 Å². The van der Waals surface area contributed by atoms with Crippen LogP contribution in [0.4, 0.5) is 0 Å². The molecule has 1 aromatic carbocycles. The van der Waals surface area contributed by atoms with E-state index in [1.807, 2.05) is 39.6 Å². The van der Waals surface area contributed by atoms with Gasteiger partial charge in [-0.3, -0.25) is 4.57 Å². The number of nitrogens with one attached hydrogen (secondary N) is 1. The number of quaternary nitrogens is 1. The normalized spacial score (nSPS) is 19.9. The van der Waals surface area contributed by atoms with Gasteiger partial charge in [0.25, 0.3) is 0 Å². The number of hydrogen-bond donors (Lipinski definition) is 1. The topological polar surface area (TPSA) is 36.4 Å². The summed E-state index contributed by atoms with van der Waals surface area (Å²) in [7, 11) is 1.69. The van der Waals surface area contributed by atoms with Gasteiger partial charge in [0.15, 0.2) is 12.5 Å². The largest absolute Gasteiger partial charge is 0.495 e. The van der Waals surface area contributed by atoms with Crippen LogP contribution in [0.5, 0.6) is 5.75 Å². The molecule has 1 fully saturated rings. The number of piperidine rings is 1. The molecular weight excluding hydrogens is 376 g/mol. The summed E-state index contributed by atoms with van der Waals surface area (Å²) in [6, 6.07) is 12.1. The molecule has 0 saturated carbocycles. The van der Waals surface area contributed by atoms with Crippen molar-refractivity contribution < 1.29 is 9.64 Å². The molecule has 3 heterocycles. The lowest BCUT2D eigenvalue weighted by atomic mass is 10.00. The first-order valence-electron chi connectivity index (χ1n) is 9.38. The van der Waals surface area contributed by atoms with Crippen LogP contribution in [0.25, 0.3) is 16.4 Å². The van der Waals surface area contributed by atoms with E-state index in [1.54, 1.807) is 23.3 Å². The molecule has 0 aliphatic carbocycles. The monoisotopic (exact) mass is 401 g/mol. The van der Waals surface area contributed by atoms with Gasteiger partial charge in [0.05, 0.1) is 30.8 Å². The van der Waals surface area contributed by atoms with Crippen molar-refractivity contribution >= 4 is 23.6 Å². The number of para-hydroxylation sites is 2. The van der Waals surface area contributed by atoms with Gasteiger partial charge in [-0.15, -0.1) is 16.4 Å². The maximum absolute atomic E-state index is 5.87. The Labute approximate surface area is 168 Å². The Morgan fingerprint density at radius 1 is 1.22 bits per heavy atom. The van der Waals surface area contributed by atoms with Gasteiger partial charge in [0, 0.05) is 0 Å². The zero-order valence-corrected chi connectivity index (χ0v) is 17.4. The number of nitrogens with zero attached hydrogens (tertiary/aromatic N) is 3. The molecule has 0 amide bonds. The lowest BCUT2D eigenvalue weighted by molar-refractivity contribution is -0.929. The standard InChI is InChI=1S/C20H24N4OS2/c1-15-9-11-22(12-10-15)14-23-20(26)24(16-6-3-4-7-17(16)25-2)19(21-23)18-8-5-13-27-18/h3-8,13,15H,9-12,14H2,1-2H3/p+1. The maximum Gasteiger partial charge on any atom is 0.207 e. The van der Waals surface area contributed by atoms with E-state index in [-0.39, 0.29) is 0 Å². The van der Waals surface area contributed by atoms with E-state index in [2.05, 4.69) is 18.4 Å². The number of benzene rings is 1. The Morgan fingerprint density at radius 2 is 2.00 bits per heavy atom. The first kappa shape index (κ1) is 18.4. The van der Waals surface area contributed by atoms with Crippen LogP contribution in [0, 0.1) is 10.7 Å². The van der Waals surface area contributed by atoms with Crippen LogP contribution < -0.4 is 9.64 Å². The fraction of sp³-hybridized carbons (Fsp3) is 0.400. The van der Waals surface area contributed by atoms with Crippen molar-refractivity contribution in [3.05, 3.63) is 46.5 Å². The number of likely N-dealkylation sites (tertiary alicyclic amines) is 1. The third-order valence-electron chi connectivity index (χ3n) is 5.26. The molecule has 0 spiro atoms. The molecular formula is C20H25N4OS2+. The minimum atomic E-state index is 0.717. The van der Waals surface area contributed by atoms with Gasteiger partial charge >= 0.3 is 0 Å². The SMILES string of the molecule is COc1ccccc1-n1c(-c2cccs2)nn(C[NH+]2CCC(C)CC2)c1=S. The van der Waals surface area contributed by atoms with E-state index < -0.39 is 0 Å². The third kappa shape index (κ3) is 3.72. The molecule has 1 N–H and O–H groups in total. The third-order valence-corrected chi connectivity index (χ3v) is 6.52. The van der Waals surface area contributed by atoms with Crippen LogP contribution in [0.1, 0.15) is 19.8 Å². The minimum absolute atomic E-state index is 0.717. The van der Waals surface area contributed by atoms with Crippen LogP contribution in [0.15, 0.2) is 41.8 Å². The fourth-order valence-corrected chi connectivity index (χ4v) is 4.64. The average Bonchev–Trinajstić information content (AvgIpc) is 3.32. The predicted molar refractivity (Wildman–Crippen MR) is 111 cm³/mol. The summed E-state index contributed by atoms with van der Waals surface area (Å²) >= 11 is 7.54. The van der Waals surface area contributed by atoms with Crippen LogP contribution in [0.3, 0.4) is 0 Å². The fourth-order valence-electron chi connectivity index (χ4n) is 3.65. The summed E-state index contributed by atoms with van der Waals surface area (Å²) < 4.78 is 10.3. The Bertz CT molecular complexity index is 953. The van der Waals surface area contributed by atoms with Gasteiger partial charge in [-0.1, -0.05) is 25.1 Å². The van der Waals surface area contributed by atoms with E-state index in [4.69, 9.17) is 22.1 Å². The summed E-state index contributed by atoms with van der Waals surface area (Å²) in [4.78, 5) is 2.65. The number of methoxy groups -OCH3 is 1. The number of thiophene rings is 1. The Kier molecular flexibility index (Phi) is 5.43. The first-order chi connectivity index (χ1) is 13.2. The van der Waals surface area contributed by atoms with Crippen molar-refractivity contribution in [3.8, 4) is 22.1 Å². The van der Waals surface area contributed by atoms with E-state index in [1.165, 1.54) is 25.9 Å². The number of rotatable bonds is 5. The summed E-state index contributed by atoms with van der Waals surface area (Å²) in [5, 5.41) is 7.00. The highest BCUT2D eigenvalue weighted by Gasteiger charge is 2.23. The Morgan fingerprint density at radius 3 is 2.70 bits per heavy atom. The van der Waals surface area contributed by atoms with Crippen molar-refractivity contribution in [2.75, 3.05) is 20.2 Å². The highest BCUT2D eigenvalue weighted by atomic mass is 32.1. The number of aromatic nitrogens is 3. The van der Waals surface area contributed by atoms with Gasteiger partial charge in [-0.25, -0.2) is 0 Å². The smallest absolute Gasteiger partial charge is 0.207 e. The second-order valence-electron chi connectivity index (χ2n) is 7.18. The van der Waals surface area contributed by atoms with Crippen molar-refractivity contribution in [1.82, 2.24) is 14.3 Å². The molecule has 142 valence electrons. The van der Waals surface area contributed by atoms with Crippen molar-refractivity contribution in [3.63, 3.8) is 0 Å². The molecule has 0 atom stereocenters. The molecule has 0 radical (unpaired) electrons. The van der Waals surface area contributed by atoms with Gasteiger partial charge in [-0.05, 0) is 54.6 Å². The first-order valence-corrected chi connectivity index (χ1v) is 10.7. The van der Waals surface area contributed by atoms with Crippen LogP contribution >= 0.6 is 23.6 Å². The molecule has 5 nitrogen and oxygen atoms in total. The van der Waals surface area contributed by atoms with E-state index >= 15 is 0 Å². The molecule has 0 bridgehead atoms. The molecule has 7 heteroatoms. The van der Waals surface area contributed by atoms with E-state index in [0.29, 0.717) is 4.77 Å². The van der Waals surface area contributed by atoms with Crippen LogP contribution in [0.2, 0.25) is 0 Å². The zero-order chi connectivity index (χ0) is 18.8. The molecule has 1 saturated heterocycles. The molecule has 2 aromatic heterocycles. The lowest BCUT2D eigenvalue weighted by Gasteiger charge is -2.26. The molecule has 1 aliphatic rings. The Hall–Kier alpha value is -1.96. The highest BCUT2D eigenvalue weighted by Crippen LogP contribution is 2.30. The van der Waals surface area contributed by atoms with Gasteiger partial charge in [-0.2, -0.15) is 4.68 Å². The second kappa shape index (κ2) is 7.96.